The van der Waals surface area contributed by atoms with Gasteiger partial charge in [-0.2, -0.15) is 0 Å². The van der Waals surface area contributed by atoms with Crippen LogP contribution < -0.4 is 0 Å². The maximum atomic E-state index is 11.2. The number of carbonyl (C=O) groups is 1. The molecule has 0 N–H and O–H groups in total. The van der Waals surface area contributed by atoms with Crippen LogP contribution in [0, 0.1) is 11.3 Å². The molecule has 1 nitrogen and oxygen atoms in total. The third-order valence-corrected chi connectivity index (χ3v) is 3.78. The van der Waals surface area contributed by atoms with Crippen LogP contribution in [-0.4, -0.2) is 5.78 Å². The lowest BCUT2D eigenvalue weighted by molar-refractivity contribution is -0.119. The van der Waals surface area contributed by atoms with Gasteiger partial charge in [-0.3, -0.25) is 4.79 Å². The highest BCUT2D eigenvalue weighted by Gasteiger charge is 2.55. The van der Waals surface area contributed by atoms with E-state index >= 15 is 0 Å². The topological polar surface area (TPSA) is 17.1 Å². The van der Waals surface area contributed by atoms with Crippen LogP contribution in [0.2, 0.25) is 0 Å². The van der Waals surface area contributed by atoms with Crippen LogP contribution in [0.5, 0.6) is 0 Å². The minimum Gasteiger partial charge on any atom is -0.300 e. The van der Waals surface area contributed by atoms with Crippen molar-refractivity contribution >= 4 is 5.78 Å². The molecule has 2 aliphatic rings. The van der Waals surface area contributed by atoms with E-state index in [1.807, 2.05) is 0 Å². The predicted molar refractivity (Wildman–Crippen MR) is 48.9 cm³/mol. The molecule has 1 atom stereocenters. The molecule has 0 aliphatic heterocycles. The molecule has 0 saturated heterocycles. The Bertz CT molecular complexity index is 187. The Balaban J connectivity index is 1.98. The van der Waals surface area contributed by atoms with Gasteiger partial charge in [0.05, 0.1) is 0 Å². The Labute approximate surface area is 74.5 Å². The first kappa shape index (κ1) is 8.28. The van der Waals surface area contributed by atoms with Gasteiger partial charge in [0.25, 0.3) is 0 Å². The van der Waals surface area contributed by atoms with Gasteiger partial charge >= 0.3 is 0 Å². The molecule has 1 spiro atoms. The molecule has 2 saturated carbocycles. The first-order chi connectivity index (χ1) is 5.75. The van der Waals surface area contributed by atoms with Gasteiger partial charge in [-0.25, -0.2) is 0 Å². The van der Waals surface area contributed by atoms with Gasteiger partial charge in [0.2, 0.25) is 0 Å². The predicted octanol–water partition coefficient (Wildman–Crippen LogP) is 2.94. The Morgan fingerprint density at radius 1 is 1.17 bits per heavy atom. The summed E-state index contributed by atoms with van der Waals surface area (Å²) in [5.74, 6) is 0.896. The molecule has 2 aliphatic carbocycles. The average Bonchev–Trinajstić information content (AvgIpc) is 2.77. The van der Waals surface area contributed by atoms with Crippen molar-refractivity contribution in [1.29, 1.82) is 0 Å². The summed E-state index contributed by atoms with van der Waals surface area (Å²) in [5, 5.41) is 0. The highest BCUT2D eigenvalue weighted by atomic mass is 16.1. The van der Waals surface area contributed by atoms with E-state index in [2.05, 4.69) is 0 Å². The second-order valence-electron chi connectivity index (χ2n) is 4.64. The number of rotatable bonds is 1. The van der Waals surface area contributed by atoms with Gasteiger partial charge in [0.15, 0.2) is 0 Å². The van der Waals surface area contributed by atoms with Gasteiger partial charge < -0.3 is 0 Å². The SMILES string of the molecule is CC(=O)C1CC12CCCCCC2. The zero-order chi connectivity index (χ0) is 8.60. The molecule has 0 aromatic carbocycles. The number of hydrogen-bond acceptors (Lipinski definition) is 1. The molecular formula is C11H18O. The molecule has 68 valence electrons. The number of ketones is 1. The monoisotopic (exact) mass is 166 g/mol. The molecule has 2 rings (SSSR count). The molecule has 12 heavy (non-hydrogen) atoms. The van der Waals surface area contributed by atoms with Crippen LogP contribution in [0.15, 0.2) is 0 Å². The van der Waals surface area contributed by atoms with E-state index in [1.165, 1.54) is 44.9 Å². The molecule has 0 radical (unpaired) electrons. The molecule has 0 heterocycles. The van der Waals surface area contributed by atoms with Crippen molar-refractivity contribution in [2.45, 2.75) is 51.9 Å². The molecule has 0 aromatic heterocycles. The maximum Gasteiger partial charge on any atom is 0.133 e. The average molecular weight is 166 g/mol. The Kier molecular flexibility index (Phi) is 1.97. The third-order valence-electron chi connectivity index (χ3n) is 3.78. The smallest absolute Gasteiger partial charge is 0.133 e. The highest BCUT2D eigenvalue weighted by molar-refractivity contribution is 5.82. The number of carbonyl (C=O) groups excluding carboxylic acids is 1. The summed E-state index contributed by atoms with van der Waals surface area (Å²) in [4.78, 5) is 11.2. The maximum absolute atomic E-state index is 11.2. The largest absolute Gasteiger partial charge is 0.300 e. The fraction of sp³-hybridized carbons (Fsp3) is 0.909. The van der Waals surface area contributed by atoms with Crippen molar-refractivity contribution in [2.75, 3.05) is 0 Å². The Morgan fingerprint density at radius 3 is 2.17 bits per heavy atom. The van der Waals surface area contributed by atoms with Crippen LogP contribution in [-0.2, 0) is 4.79 Å². The summed E-state index contributed by atoms with van der Waals surface area (Å²) in [5.41, 5.74) is 0.502. The summed E-state index contributed by atoms with van der Waals surface area (Å²) in [6, 6.07) is 0. The van der Waals surface area contributed by atoms with Gasteiger partial charge in [0.1, 0.15) is 5.78 Å². The molecular weight excluding hydrogens is 148 g/mol. The first-order valence-corrected chi connectivity index (χ1v) is 5.25. The van der Waals surface area contributed by atoms with E-state index in [0.29, 0.717) is 17.1 Å². The van der Waals surface area contributed by atoms with Crippen LogP contribution in [0.1, 0.15) is 51.9 Å². The van der Waals surface area contributed by atoms with Crippen LogP contribution in [0.25, 0.3) is 0 Å². The summed E-state index contributed by atoms with van der Waals surface area (Å²) in [7, 11) is 0. The van der Waals surface area contributed by atoms with Crippen LogP contribution >= 0.6 is 0 Å². The van der Waals surface area contributed by atoms with Crippen molar-refractivity contribution in [2.24, 2.45) is 11.3 Å². The molecule has 2 fully saturated rings. The van der Waals surface area contributed by atoms with E-state index in [1.54, 1.807) is 6.92 Å². The lowest BCUT2D eigenvalue weighted by Crippen LogP contribution is -2.07. The second kappa shape index (κ2) is 2.86. The summed E-state index contributed by atoms with van der Waals surface area (Å²) < 4.78 is 0. The molecule has 0 aromatic rings. The van der Waals surface area contributed by atoms with Crippen LogP contribution in [0.4, 0.5) is 0 Å². The van der Waals surface area contributed by atoms with Crippen LogP contribution in [0.3, 0.4) is 0 Å². The minimum atomic E-state index is 0.442. The van der Waals surface area contributed by atoms with E-state index < -0.39 is 0 Å². The van der Waals surface area contributed by atoms with Crippen molar-refractivity contribution < 1.29 is 4.79 Å². The van der Waals surface area contributed by atoms with E-state index in [9.17, 15) is 4.79 Å². The van der Waals surface area contributed by atoms with Crippen molar-refractivity contribution in [3.8, 4) is 0 Å². The Hall–Kier alpha value is -0.330. The van der Waals surface area contributed by atoms with Gasteiger partial charge in [-0.1, -0.05) is 25.7 Å². The van der Waals surface area contributed by atoms with Crippen molar-refractivity contribution in [3.63, 3.8) is 0 Å². The van der Waals surface area contributed by atoms with E-state index in [4.69, 9.17) is 0 Å². The summed E-state index contributed by atoms with van der Waals surface area (Å²) in [6.45, 7) is 1.77. The van der Waals surface area contributed by atoms with E-state index in [-0.39, 0.29) is 0 Å². The zero-order valence-corrected chi connectivity index (χ0v) is 7.94. The summed E-state index contributed by atoms with van der Waals surface area (Å²) in [6.07, 6.45) is 9.39. The molecule has 0 bridgehead atoms. The number of hydrogen-bond donors (Lipinski definition) is 0. The second-order valence-corrected chi connectivity index (χ2v) is 4.64. The normalized spacial score (nSPS) is 32.9. The van der Waals surface area contributed by atoms with Gasteiger partial charge in [0, 0.05) is 5.92 Å². The lowest BCUT2D eigenvalue weighted by Gasteiger charge is -2.11. The highest BCUT2D eigenvalue weighted by Crippen LogP contribution is 2.60. The molecule has 1 unspecified atom stereocenters. The first-order valence-electron chi connectivity index (χ1n) is 5.25. The molecule has 1 heteroatoms. The van der Waals surface area contributed by atoms with Gasteiger partial charge in [-0.05, 0) is 31.6 Å². The fourth-order valence-corrected chi connectivity index (χ4v) is 2.91. The van der Waals surface area contributed by atoms with Crippen molar-refractivity contribution in [1.82, 2.24) is 0 Å². The number of Topliss-reactive ketones (excluding diaryl/α,β-unsaturated/α-hetero) is 1. The quantitative estimate of drug-likeness (QED) is 0.585. The van der Waals surface area contributed by atoms with Crippen molar-refractivity contribution in [3.05, 3.63) is 0 Å². The lowest BCUT2D eigenvalue weighted by atomic mass is 9.93. The third kappa shape index (κ3) is 1.30. The standard InChI is InChI=1S/C11H18O/c1-9(12)10-8-11(10)6-4-2-3-5-7-11/h10H,2-8H2,1H3. The zero-order valence-electron chi connectivity index (χ0n) is 7.94. The summed E-state index contributed by atoms with van der Waals surface area (Å²) >= 11 is 0. The minimum absolute atomic E-state index is 0.442. The fourth-order valence-electron chi connectivity index (χ4n) is 2.91. The molecule has 0 amide bonds. The Morgan fingerprint density at radius 2 is 1.75 bits per heavy atom. The van der Waals surface area contributed by atoms with Gasteiger partial charge in [-0.15, -0.1) is 0 Å². The van der Waals surface area contributed by atoms with E-state index in [0.717, 1.165) is 0 Å².